The first kappa shape index (κ1) is 32.1. The summed E-state index contributed by atoms with van der Waals surface area (Å²) < 4.78 is 34.1. The maximum atomic E-state index is 13.5. The number of esters is 2. The zero-order valence-corrected chi connectivity index (χ0v) is 24.9. The molecule has 2 saturated heterocycles. The van der Waals surface area contributed by atoms with Crippen LogP contribution in [-0.4, -0.2) is 69.9 Å². The molecule has 4 aliphatic rings. The van der Waals surface area contributed by atoms with Crippen molar-refractivity contribution in [3.63, 3.8) is 0 Å². The van der Waals surface area contributed by atoms with Crippen molar-refractivity contribution in [3.05, 3.63) is 12.2 Å². The molecular weight excluding hydrogens is 528 g/mol. The highest BCUT2D eigenvalue weighted by molar-refractivity contribution is 5.92. The predicted octanol–water partition coefficient (Wildman–Crippen LogP) is 5.43. The third kappa shape index (κ3) is 9.34. The normalized spacial score (nSPS) is 31.8. The van der Waals surface area contributed by atoms with Gasteiger partial charge in [-0.2, -0.15) is 0 Å². The van der Waals surface area contributed by atoms with Crippen LogP contribution in [0.25, 0.3) is 0 Å². The minimum atomic E-state index is -0.876. The number of rotatable bonds is 16. The zero-order chi connectivity index (χ0) is 28.9. The van der Waals surface area contributed by atoms with Crippen LogP contribution in [0.15, 0.2) is 12.2 Å². The van der Waals surface area contributed by atoms with E-state index in [0.717, 1.165) is 77.4 Å². The summed E-state index contributed by atoms with van der Waals surface area (Å²) >= 11 is 0. The van der Waals surface area contributed by atoms with Crippen LogP contribution >= 0.6 is 0 Å². The Kier molecular flexibility index (Phi) is 13.1. The van der Waals surface area contributed by atoms with Gasteiger partial charge in [0.15, 0.2) is 12.6 Å². The van der Waals surface area contributed by atoms with Gasteiger partial charge in [-0.3, -0.25) is 14.4 Å². The molecule has 4 fully saturated rings. The van der Waals surface area contributed by atoms with Crippen molar-refractivity contribution < 1.29 is 42.8 Å². The number of Topliss-reactive ketones (excluding diaryl/α,β-unsaturated/α-hetero) is 1. The number of ether oxygens (including phenoxy) is 6. The number of allylic oxidation sites excluding steroid dienone is 1. The monoisotopic (exact) mass is 578 g/mol. The first-order valence-corrected chi connectivity index (χ1v) is 15.9. The minimum absolute atomic E-state index is 0.0148. The summed E-state index contributed by atoms with van der Waals surface area (Å²) in [4.78, 5) is 37.6. The van der Waals surface area contributed by atoms with Gasteiger partial charge in [0.2, 0.25) is 0 Å². The van der Waals surface area contributed by atoms with E-state index in [1.54, 1.807) is 0 Å². The molecule has 0 spiro atoms. The van der Waals surface area contributed by atoms with Gasteiger partial charge in [0.05, 0.1) is 25.2 Å². The van der Waals surface area contributed by atoms with E-state index >= 15 is 0 Å². The first-order valence-electron chi connectivity index (χ1n) is 15.9. The highest BCUT2D eigenvalue weighted by Crippen LogP contribution is 2.58. The van der Waals surface area contributed by atoms with E-state index in [9.17, 15) is 14.4 Å². The molecule has 4 unspecified atom stereocenters. The number of fused-ring (bicyclic) bond motifs is 1. The van der Waals surface area contributed by atoms with Crippen molar-refractivity contribution in [1.82, 2.24) is 0 Å². The van der Waals surface area contributed by atoms with E-state index in [2.05, 4.69) is 16.9 Å². The molecule has 2 heterocycles. The van der Waals surface area contributed by atoms with E-state index in [1.807, 2.05) is 0 Å². The van der Waals surface area contributed by atoms with Gasteiger partial charge < -0.3 is 28.4 Å². The van der Waals surface area contributed by atoms with Gasteiger partial charge >= 0.3 is 11.9 Å². The lowest BCUT2D eigenvalue weighted by Crippen LogP contribution is -2.34. The summed E-state index contributed by atoms with van der Waals surface area (Å²) in [5.41, 5.74) is -0.876. The van der Waals surface area contributed by atoms with Crippen molar-refractivity contribution >= 4 is 17.7 Å². The fourth-order valence-corrected chi connectivity index (χ4v) is 6.85. The lowest BCUT2D eigenvalue weighted by Gasteiger charge is -2.29. The van der Waals surface area contributed by atoms with Gasteiger partial charge in [-0.05, 0) is 76.5 Å². The Morgan fingerprint density at radius 2 is 1.71 bits per heavy atom. The lowest BCUT2D eigenvalue weighted by atomic mass is 9.78. The third-order valence-corrected chi connectivity index (χ3v) is 9.05. The summed E-state index contributed by atoms with van der Waals surface area (Å²) in [6, 6.07) is 0. The second kappa shape index (κ2) is 16.7. The molecule has 0 amide bonds. The van der Waals surface area contributed by atoms with Crippen LogP contribution in [0, 0.1) is 17.3 Å². The molecule has 2 aliphatic carbocycles. The van der Waals surface area contributed by atoms with Crippen LogP contribution in [0.1, 0.15) is 103 Å². The van der Waals surface area contributed by atoms with Crippen molar-refractivity contribution in [1.29, 1.82) is 0 Å². The number of unbranched alkanes of at least 4 members (excludes halogenated alkanes) is 4. The summed E-state index contributed by atoms with van der Waals surface area (Å²) in [6.07, 6.45) is 17.1. The fourth-order valence-electron chi connectivity index (χ4n) is 6.85. The Morgan fingerprint density at radius 3 is 2.44 bits per heavy atom. The third-order valence-electron chi connectivity index (χ3n) is 9.05. The average Bonchev–Trinajstić information content (AvgIpc) is 3.46. The second-order valence-corrected chi connectivity index (χ2v) is 12.0. The van der Waals surface area contributed by atoms with E-state index in [0.29, 0.717) is 25.9 Å². The molecule has 9 heteroatoms. The van der Waals surface area contributed by atoms with Gasteiger partial charge in [-0.1, -0.05) is 25.0 Å². The van der Waals surface area contributed by atoms with E-state index < -0.39 is 5.41 Å². The average molecular weight is 579 g/mol. The number of carbonyl (C=O) groups excluding carboxylic acids is 3. The summed E-state index contributed by atoms with van der Waals surface area (Å²) in [5, 5.41) is 0. The molecule has 4 rings (SSSR count). The maximum Gasteiger partial charge on any atom is 0.312 e. The smallest absolute Gasteiger partial charge is 0.312 e. The highest BCUT2D eigenvalue weighted by atomic mass is 16.7. The molecule has 6 atom stereocenters. The van der Waals surface area contributed by atoms with Crippen LogP contribution in [0.5, 0.6) is 0 Å². The van der Waals surface area contributed by atoms with Crippen LogP contribution in [-0.2, 0) is 42.8 Å². The topological polar surface area (TPSA) is 107 Å². The van der Waals surface area contributed by atoms with E-state index in [1.165, 1.54) is 13.5 Å². The second-order valence-electron chi connectivity index (χ2n) is 12.0. The maximum absolute atomic E-state index is 13.5. The number of hydrogen-bond donors (Lipinski definition) is 0. The van der Waals surface area contributed by atoms with Gasteiger partial charge in [-0.25, -0.2) is 0 Å². The molecule has 232 valence electrons. The highest BCUT2D eigenvalue weighted by Gasteiger charge is 2.63. The quantitative estimate of drug-likeness (QED) is 0.135. The molecule has 0 aromatic carbocycles. The molecule has 0 radical (unpaired) electrons. The van der Waals surface area contributed by atoms with Crippen molar-refractivity contribution in [2.45, 2.75) is 121 Å². The Hall–Kier alpha value is -1.81. The number of methoxy groups -OCH3 is 1. The number of hydrogen-bond acceptors (Lipinski definition) is 9. The van der Waals surface area contributed by atoms with Crippen LogP contribution in [0.4, 0.5) is 0 Å². The van der Waals surface area contributed by atoms with E-state index in [4.69, 9.17) is 23.7 Å². The predicted molar refractivity (Wildman–Crippen MR) is 151 cm³/mol. The Bertz CT molecular complexity index is 861. The number of carbonyl (C=O) groups is 3. The van der Waals surface area contributed by atoms with E-state index in [-0.39, 0.29) is 67.7 Å². The molecular formula is C32H50O9. The fraction of sp³-hybridized carbons (Fsp3) is 0.844. The molecule has 0 bridgehead atoms. The molecule has 41 heavy (non-hydrogen) atoms. The Labute approximate surface area is 245 Å². The molecule has 0 aromatic heterocycles. The zero-order valence-electron chi connectivity index (χ0n) is 24.9. The molecule has 9 nitrogen and oxygen atoms in total. The van der Waals surface area contributed by atoms with Crippen LogP contribution in [0.3, 0.4) is 0 Å². The summed E-state index contributed by atoms with van der Waals surface area (Å²) in [6.45, 7) is 2.38. The van der Waals surface area contributed by atoms with Gasteiger partial charge in [0.25, 0.3) is 0 Å². The van der Waals surface area contributed by atoms with Crippen molar-refractivity contribution in [2.75, 3.05) is 33.5 Å². The number of ketones is 1. The van der Waals surface area contributed by atoms with Crippen LogP contribution < -0.4 is 0 Å². The summed E-state index contributed by atoms with van der Waals surface area (Å²) in [5.74, 6) is -0.755. The standard InChI is InChI=1S/C32H50O9/c1-36-28(34)14-12-20-40-31(35)32-22-24(33)21-26(32)25(27(23-32)41-30-16-8-11-19-39-30)13-6-4-2-3-5-9-17-37-29-15-7-10-18-38-29/h6,13,25-27,29-30H,2-5,7-12,14-23H2,1H3/b13-6+/t25?,26-,27?,29?,30?,32-/m0/s1. The Morgan fingerprint density at radius 1 is 0.951 bits per heavy atom. The molecule has 2 saturated carbocycles. The van der Waals surface area contributed by atoms with Crippen LogP contribution in [0.2, 0.25) is 0 Å². The largest absolute Gasteiger partial charge is 0.469 e. The minimum Gasteiger partial charge on any atom is -0.469 e. The lowest BCUT2D eigenvalue weighted by molar-refractivity contribution is -0.194. The summed E-state index contributed by atoms with van der Waals surface area (Å²) in [7, 11) is 1.34. The molecule has 0 N–H and O–H groups in total. The molecule has 2 aliphatic heterocycles. The first-order chi connectivity index (χ1) is 20.0. The van der Waals surface area contributed by atoms with Crippen molar-refractivity contribution in [3.8, 4) is 0 Å². The Balaban J connectivity index is 1.28. The van der Waals surface area contributed by atoms with Gasteiger partial charge in [-0.15, -0.1) is 0 Å². The molecule has 0 aromatic rings. The SMILES string of the molecule is COC(=O)CCCOC(=O)[C@]12CC(=O)C[C@H]1C(/C=C/CCCCCCOC1CCCCO1)C(OC1CCCCO1)C2. The van der Waals surface area contributed by atoms with Gasteiger partial charge in [0.1, 0.15) is 5.78 Å². The van der Waals surface area contributed by atoms with Crippen molar-refractivity contribution in [2.24, 2.45) is 17.3 Å². The van der Waals surface area contributed by atoms with Gasteiger partial charge in [0, 0.05) is 45.0 Å².